The quantitative estimate of drug-likeness (QED) is 0.391. The fourth-order valence-corrected chi connectivity index (χ4v) is 8.08. The minimum Gasteiger partial charge on any atom is -0.389 e. The summed E-state index contributed by atoms with van der Waals surface area (Å²) >= 11 is 6.29. The van der Waals surface area contributed by atoms with Gasteiger partial charge in [0.25, 0.3) is 5.91 Å². The number of rotatable bonds is 9. The maximum atomic E-state index is 13.7. The zero-order chi connectivity index (χ0) is 29.5. The van der Waals surface area contributed by atoms with Crippen LogP contribution in [0.1, 0.15) is 56.3 Å². The van der Waals surface area contributed by atoms with Gasteiger partial charge in [0.15, 0.2) is 21.5 Å². The summed E-state index contributed by atoms with van der Waals surface area (Å²) in [5.41, 5.74) is -1.91. The van der Waals surface area contributed by atoms with E-state index in [0.29, 0.717) is 12.8 Å². The van der Waals surface area contributed by atoms with Gasteiger partial charge in [-0.25, -0.2) is 17.2 Å². The van der Waals surface area contributed by atoms with Gasteiger partial charge in [-0.3, -0.25) is 9.59 Å². The molecule has 8 nitrogen and oxygen atoms in total. The molecule has 2 amide bonds. The lowest BCUT2D eigenvalue weighted by atomic mass is 9.72. The second-order valence-electron chi connectivity index (χ2n) is 11.2. The number of nitrogens with one attached hydrogen (secondary N) is 2. The van der Waals surface area contributed by atoms with Gasteiger partial charge in [0.05, 0.1) is 32.8 Å². The Morgan fingerprint density at radius 2 is 1.75 bits per heavy atom. The Balaban J connectivity index is 1.49. The third-order valence-electron chi connectivity index (χ3n) is 8.20. The molecule has 0 heterocycles. The van der Waals surface area contributed by atoms with Crippen LogP contribution in [0.15, 0.2) is 41.3 Å². The van der Waals surface area contributed by atoms with Crippen molar-refractivity contribution in [2.24, 2.45) is 11.8 Å². The van der Waals surface area contributed by atoms with Crippen molar-refractivity contribution in [1.29, 1.82) is 0 Å². The molecule has 12 heteroatoms. The third kappa shape index (κ3) is 6.17. The maximum Gasteiger partial charge on any atom is 0.255 e. The Labute approximate surface area is 237 Å². The second kappa shape index (κ2) is 11.3. The van der Waals surface area contributed by atoms with Crippen molar-refractivity contribution < 1.29 is 36.6 Å². The number of benzene rings is 2. The number of halogens is 3. The van der Waals surface area contributed by atoms with Gasteiger partial charge in [-0.2, -0.15) is 0 Å². The number of hydrogen-bond donors (Lipinski definition) is 3. The molecule has 40 heavy (non-hydrogen) atoms. The number of aliphatic hydroxyl groups is 1. The third-order valence-corrected chi connectivity index (χ3v) is 10.9. The van der Waals surface area contributed by atoms with Crippen LogP contribution in [0.25, 0.3) is 0 Å². The van der Waals surface area contributed by atoms with Gasteiger partial charge in [-0.1, -0.05) is 11.6 Å². The standard InChI is InChI=1S/C28H33ClF2N2O6S/c1-27(2,39-3)15-32-25(34)14-28(36)17-5-6-18(28)12-20(11-17)40(37,38)24-10-16(4-8-21(24)29)26(35)33-19-7-9-22(30)23(31)13-19/h4,7-10,13,17-18,20,36H,5-6,11-12,14-15H2,1-3H3,(H,32,34)(H,33,35)/t17?,18?,20-,28-. The van der Waals surface area contributed by atoms with Crippen molar-refractivity contribution in [2.45, 2.75) is 67.3 Å². The first-order valence-corrected chi connectivity index (χ1v) is 14.9. The number of anilines is 1. The summed E-state index contributed by atoms with van der Waals surface area (Å²) in [5.74, 6) is -4.05. The summed E-state index contributed by atoms with van der Waals surface area (Å²) in [5, 5.41) is 15.8. The molecule has 2 unspecified atom stereocenters. The molecular weight excluding hydrogens is 566 g/mol. The van der Waals surface area contributed by atoms with Crippen LogP contribution in [0.3, 0.4) is 0 Å². The Hall–Kier alpha value is -2.60. The van der Waals surface area contributed by atoms with Gasteiger partial charge >= 0.3 is 0 Å². The molecule has 3 N–H and O–H groups in total. The maximum absolute atomic E-state index is 13.7. The largest absolute Gasteiger partial charge is 0.389 e. The number of carbonyl (C=O) groups is 2. The van der Waals surface area contributed by atoms with Crippen LogP contribution in [-0.2, 0) is 19.4 Å². The highest BCUT2D eigenvalue weighted by molar-refractivity contribution is 7.92. The molecule has 0 radical (unpaired) electrons. The van der Waals surface area contributed by atoms with Crippen LogP contribution < -0.4 is 10.6 Å². The number of amides is 2. The van der Waals surface area contributed by atoms with Crippen LogP contribution in [0, 0.1) is 23.5 Å². The van der Waals surface area contributed by atoms with Crippen molar-refractivity contribution >= 4 is 38.9 Å². The fourth-order valence-electron chi connectivity index (χ4n) is 5.68. The van der Waals surface area contributed by atoms with E-state index in [2.05, 4.69) is 10.6 Å². The molecule has 0 saturated heterocycles. The first-order chi connectivity index (χ1) is 18.7. The van der Waals surface area contributed by atoms with Gasteiger partial charge in [0.1, 0.15) is 0 Å². The van der Waals surface area contributed by atoms with Gasteiger partial charge in [-0.05, 0) is 81.7 Å². The predicted molar refractivity (Wildman–Crippen MR) is 146 cm³/mol. The highest BCUT2D eigenvalue weighted by Crippen LogP contribution is 2.53. The van der Waals surface area contributed by atoms with E-state index in [1.54, 1.807) is 7.11 Å². The van der Waals surface area contributed by atoms with E-state index in [0.717, 1.165) is 12.1 Å². The van der Waals surface area contributed by atoms with E-state index >= 15 is 0 Å². The van der Waals surface area contributed by atoms with Crippen molar-refractivity contribution in [3.63, 3.8) is 0 Å². The molecule has 0 aromatic heterocycles. The lowest BCUT2D eigenvalue weighted by Crippen LogP contribution is -2.51. The average Bonchev–Trinajstić information content (AvgIpc) is 3.05. The molecule has 0 aliphatic heterocycles. The van der Waals surface area contributed by atoms with Crippen LogP contribution in [-0.4, -0.2) is 55.4 Å². The molecule has 2 aliphatic rings. The summed E-state index contributed by atoms with van der Waals surface area (Å²) in [6.45, 7) is 3.92. The minimum atomic E-state index is -4.02. The molecule has 4 rings (SSSR count). The minimum absolute atomic E-state index is 0.00113. The number of hydrogen-bond acceptors (Lipinski definition) is 6. The van der Waals surface area contributed by atoms with E-state index in [-0.39, 0.29) is 52.9 Å². The van der Waals surface area contributed by atoms with Gasteiger partial charge in [0, 0.05) is 31.0 Å². The second-order valence-corrected chi connectivity index (χ2v) is 13.9. The molecule has 2 aliphatic carbocycles. The first kappa shape index (κ1) is 30.4. The van der Waals surface area contributed by atoms with Crippen molar-refractivity contribution in [1.82, 2.24) is 5.32 Å². The molecule has 2 atom stereocenters. The van der Waals surface area contributed by atoms with Crippen LogP contribution in [0.4, 0.5) is 14.5 Å². The van der Waals surface area contributed by atoms with Gasteiger partial charge in [-0.15, -0.1) is 0 Å². The average molecular weight is 599 g/mol. The lowest BCUT2D eigenvalue weighted by molar-refractivity contribution is -0.133. The first-order valence-electron chi connectivity index (χ1n) is 13.0. The summed E-state index contributed by atoms with van der Waals surface area (Å²) in [7, 11) is -2.48. The number of ether oxygens (including phenoxy) is 1. The molecule has 2 bridgehead atoms. The Morgan fingerprint density at radius 3 is 2.35 bits per heavy atom. The van der Waals surface area contributed by atoms with Crippen molar-refractivity contribution in [3.05, 3.63) is 58.6 Å². The van der Waals surface area contributed by atoms with Crippen LogP contribution in [0.2, 0.25) is 5.02 Å². The smallest absolute Gasteiger partial charge is 0.255 e. The monoisotopic (exact) mass is 598 g/mol. The highest BCUT2D eigenvalue weighted by Gasteiger charge is 2.56. The van der Waals surface area contributed by atoms with Gasteiger partial charge < -0.3 is 20.5 Å². The van der Waals surface area contributed by atoms with Crippen molar-refractivity contribution in [3.8, 4) is 0 Å². The summed E-state index contributed by atoms with van der Waals surface area (Å²) < 4.78 is 59.5. The topological polar surface area (TPSA) is 122 Å². The van der Waals surface area contributed by atoms with E-state index in [4.69, 9.17) is 16.3 Å². The SMILES string of the molecule is COC(C)(C)CNC(=O)C[C@]1(O)C2CCC1C[C@@H](S(=O)(=O)c1cc(C(=O)Nc3ccc(F)c(F)c3)ccc1Cl)C2. The number of fused-ring (bicyclic) bond motifs is 2. The molecule has 2 fully saturated rings. The molecule has 2 aromatic rings. The predicted octanol–water partition coefficient (Wildman–Crippen LogP) is 4.50. The normalized spacial score (nSPS) is 24.5. The number of carbonyl (C=O) groups excluding carboxylic acids is 2. The highest BCUT2D eigenvalue weighted by atomic mass is 35.5. The van der Waals surface area contributed by atoms with Crippen molar-refractivity contribution in [2.75, 3.05) is 19.0 Å². The number of methoxy groups -OCH3 is 1. The van der Waals surface area contributed by atoms with E-state index < -0.39 is 55.7 Å². The fraction of sp³-hybridized carbons (Fsp3) is 0.500. The zero-order valence-electron chi connectivity index (χ0n) is 22.5. The Bertz CT molecular complexity index is 1400. The lowest BCUT2D eigenvalue weighted by Gasteiger charge is -2.42. The molecule has 0 spiro atoms. The zero-order valence-corrected chi connectivity index (χ0v) is 24.0. The summed E-state index contributed by atoms with van der Waals surface area (Å²) in [6.07, 6.45) is 1.35. The number of sulfone groups is 1. The summed E-state index contributed by atoms with van der Waals surface area (Å²) in [6, 6.07) is 6.67. The summed E-state index contributed by atoms with van der Waals surface area (Å²) in [4.78, 5) is 25.2. The Kier molecular flexibility index (Phi) is 8.61. The van der Waals surface area contributed by atoms with Crippen LogP contribution >= 0.6 is 11.6 Å². The molecule has 2 saturated carbocycles. The van der Waals surface area contributed by atoms with E-state index in [1.807, 2.05) is 13.8 Å². The molecule has 2 aromatic carbocycles. The molecular formula is C28H33ClF2N2O6S. The van der Waals surface area contributed by atoms with E-state index in [9.17, 15) is 31.9 Å². The Morgan fingerprint density at radius 1 is 1.10 bits per heavy atom. The van der Waals surface area contributed by atoms with Gasteiger partial charge in [0.2, 0.25) is 5.91 Å². The molecule has 218 valence electrons. The van der Waals surface area contributed by atoms with Crippen LogP contribution in [0.5, 0.6) is 0 Å². The van der Waals surface area contributed by atoms with E-state index in [1.165, 1.54) is 24.3 Å².